The molecule has 2 N–H and O–H groups in total. The van der Waals surface area contributed by atoms with Gasteiger partial charge in [0, 0.05) is 6.42 Å². The van der Waals surface area contributed by atoms with Gasteiger partial charge in [-0.1, -0.05) is 24.3 Å². The molecule has 3 rings (SSSR count). The predicted octanol–water partition coefficient (Wildman–Crippen LogP) is 2.60. The fraction of sp³-hybridized carbons (Fsp3) is 0.294. The molecule has 2 aromatic carbocycles. The van der Waals surface area contributed by atoms with E-state index in [9.17, 15) is 10.3 Å². The van der Waals surface area contributed by atoms with Crippen LogP contribution in [-0.4, -0.2) is 29.3 Å². The Morgan fingerprint density at radius 3 is 2.55 bits per heavy atom. The molecule has 2 aromatic rings. The molecule has 0 saturated heterocycles. The molecule has 116 valence electrons. The zero-order chi connectivity index (χ0) is 15.6. The number of fused-ring (bicyclic) bond motifs is 1. The first kappa shape index (κ1) is 14.7. The third-order valence-electron chi connectivity index (χ3n) is 3.87. The van der Waals surface area contributed by atoms with E-state index in [-0.39, 0.29) is 13.4 Å². The summed E-state index contributed by atoms with van der Waals surface area (Å²) in [6.07, 6.45) is 0.464. The van der Waals surface area contributed by atoms with Crippen LogP contribution < -0.4 is 14.5 Å². The van der Waals surface area contributed by atoms with Crippen molar-refractivity contribution in [2.75, 3.05) is 18.5 Å². The number of anilines is 1. The summed E-state index contributed by atoms with van der Waals surface area (Å²) in [4.78, 5) is 0. The Morgan fingerprint density at radius 2 is 1.82 bits per heavy atom. The largest absolute Gasteiger partial charge is 0.454 e. The third-order valence-corrected chi connectivity index (χ3v) is 3.87. The van der Waals surface area contributed by atoms with Crippen LogP contribution in [0.3, 0.4) is 0 Å². The van der Waals surface area contributed by atoms with E-state index in [1.165, 1.54) is 0 Å². The topological polar surface area (TPSA) is 62.2 Å². The number of ether oxygens (including phenoxy) is 2. The van der Waals surface area contributed by atoms with Gasteiger partial charge in [-0.05, 0) is 36.8 Å². The average Bonchev–Trinajstić information content (AvgIpc) is 3.02. The van der Waals surface area contributed by atoms with Crippen molar-refractivity contribution in [2.45, 2.75) is 18.9 Å². The Balaban J connectivity index is 1.84. The van der Waals surface area contributed by atoms with Crippen molar-refractivity contribution in [3.8, 4) is 11.5 Å². The van der Waals surface area contributed by atoms with Crippen LogP contribution in [0.25, 0.3) is 0 Å². The Morgan fingerprint density at radius 1 is 1.09 bits per heavy atom. The van der Waals surface area contributed by atoms with Crippen LogP contribution >= 0.6 is 0 Å². The molecule has 1 atom stereocenters. The van der Waals surface area contributed by atoms with E-state index in [4.69, 9.17) is 9.47 Å². The van der Waals surface area contributed by atoms with E-state index < -0.39 is 5.54 Å². The van der Waals surface area contributed by atoms with E-state index in [0.717, 1.165) is 16.4 Å². The molecule has 1 aliphatic rings. The maximum Gasteiger partial charge on any atom is 0.231 e. The Hall–Kier alpha value is -2.24. The molecule has 0 saturated carbocycles. The van der Waals surface area contributed by atoms with Crippen LogP contribution in [0, 0.1) is 0 Å². The highest BCUT2D eigenvalue weighted by atomic mass is 16.7. The molecule has 5 heteroatoms. The molecule has 1 heterocycles. The molecule has 0 spiro atoms. The number of hydroxylamine groups is 1. The van der Waals surface area contributed by atoms with Gasteiger partial charge >= 0.3 is 0 Å². The van der Waals surface area contributed by atoms with Gasteiger partial charge < -0.3 is 14.6 Å². The van der Waals surface area contributed by atoms with Crippen LogP contribution in [0.2, 0.25) is 0 Å². The van der Waals surface area contributed by atoms with Crippen LogP contribution in [0.1, 0.15) is 12.5 Å². The van der Waals surface area contributed by atoms with Crippen LogP contribution in [0.15, 0.2) is 48.5 Å². The van der Waals surface area contributed by atoms with Gasteiger partial charge in [0.25, 0.3) is 0 Å². The van der Waals surface area contributed by atoms with E-state index >= 15 is 0 Å². The minimum absolute atomic E-state index is 0.188. The molecular formula is C17H19NO4. The molecule has 1 unspecified atom stereocenters. The van der Waals surface area contributed by atoms with Crippen molar-refractivity contribution in [2.24, 2.45) is 0 Å². The normalized spacial score (nSPS) is 15.4. The predicted molar refractivity (Wildman–Crippen MR) is 82.5 cm³/mol. The summed E-state index contributed by atoms with van der Waals surface area (Å²) < 4.78 is 10.7. The van der Waals surface area contributed by atoms with Gasteiger partial charge in [0.05, 0.1) is 17.8 Å². The zero-order valence-corrected chi connectivity index (χ0v) is 12.4. The monoisotopic (exact) mass is 301 g/mol. The molecule has 5 nitrogen and oxygen atoms in total. The zero-order valence-electron chi connectivity index (χ0n) is 12.4. The smallest absolute Gasteiger partial charge is 0.231 e. The number of aliphatic hydroxyl groups excluding tert-OH is 1. The highest BCUT2D eigenvalue weighted by Crippen LogP contribution is 2.34. The SMILES string of the molecule is CC(CO)(Cc1ccc2c(c1)OCO2)N(O)c1ccccc1. The summed E-state index contributed by atoms with van der Waals surface area (Å²) in [5.41, 5.74) is 0.755. The first-order valence-corrected chi connectivity index (χ1v) is 7.16. The van der Waals surface area contributed by atoms with Gasteiger partial charge in [0.1, 0.15) is 0 Å². The number of hydrogen-bond acceptors (Lipinski definition) is 5. The minimum Gasteiger partial charge on any atom is -0.454 e. The van der Waals surface area contributed by atoms with Crippen LogP contribution in [0.4, 0.5) is 5.69 Å². The molecular weight excluding hydrogens is 282 g/mol. The molecule has 0 radical (unpaired) electrons. The van der Waals surface area contributed by atoms with E-state index in [2.05, 4.69) is 0 Å². The quantitative estimate of drug-likeness (QED) is 0.831. The first-order chi connectivity index (χ1) is 10.6. The number of benzene rings is 2. The lowest BCUT2D eigenvalue weighted by Crippen LogP contribution is -2.49. The molecule has 1 aliphatic heterocycles. The van der Waals surface area contributed by atoms with Gasteiger partial charge in [-0.15, -0.1) is 0 Å². The van der Waals surface area contributed by atoms with Gasteiger partial charge in [-0.2, -0.15) is 0 Å². The van der Waals surface area contributed by atoms with Crippen molar-refractivity contribution < 1.29 is 19.8 Å². The van der Waals surface area contributed by atoms with Crippen molar-refractivity contribution in [3.05, 3.63) is 54.1 Å². The average molecular weight is 301 g/mol. The lowest BCUT2D eigenvalue weighted by molar-refractivity contribution is 0.0994. The van der Waals surface area contributed by atoms with Crippen molar-refractivity contribution in [3.63, 3.8) is 0 Å². The van der Waals surface area contributed by atoms with Crippen LogP contribution in [-0.2, 0) is 6.42 Å². The fourth-order valence-electron chi connectivity index (χ4n) is 2.57. The minimum atomic E-state index is -0.838. The van der Waals surface area contributed by atoms with Crippen molar-refractivity contribution in [1.82, 2.24) is 0 Å². The summed E-state index contributed by atoms with van der Waals surface area (Å²) in [7, 11) is 0. The van der Waals surface area contributed by atoms with Gasteiger partial charge in [-0.3, -0.25) is 5.21 Å². The summed E-state index contributed by atoms with van der Waals surface area (Å²) in [6.45, 7) is 1.85. The summed E-state index contributed by atoms with van der Waals surface area (Å²) in [5, 5.41) is 21.4. The summed E-state index contributed by atoms with van der Waals surface area (Å²) >= 11 is 0. The molecule has 22 heavy (non-hydrogen) atoms. The number of rotatable bonds is 5. The lowest BCUT2D eigenvalue weighted by atomic mass is 9.92. The summed E-state index contributed by atoms with van der Waals surface area (Å²) in [5.74, 6) is 1.42. The second kappa shape index (κ2) is 5.87. The van der Waals surface area contributed by atoms with Gasteiger partial charge in [0.15, 0.2) is 11.5 Å². The number of para-hydroxylation sites is 1. The standard InChI is InChI=1S/C17H19NO4/c1-17(11-19,18(20)14-5-3-2-4-6-14)10-13-7-8-15-16(9-13)22-12-21-15/h2-9,19-20H,10-12H2,1H3. The van der Waals surface area contributed by atoms with Gasteiger partial charge in [-0.25, -0.2) is 5.06 Å². The maximum atomic E-state index is 10.5. The lowest BCUT2D eigenvalue weighted by Gasteiger charge is -2.37. The number of hydrogen-bond donors (Lipinski definition) is 2. The Labute approximate surface area is 129 Å². The number of nitrogens with zero attached hydrogens (tertiary/aromatic N) is 1. The molecule has 0 bridgehead atoms. The van der Waals surface area contributed by atoms with E-state index in [1.54, 1.807) is 12.1 Å². The highest BCUT2D eigenvalue weighted by Gasteiger charge is 2.32. The van der Waals surface area contributed by atoms with E-state index in [1.807, 2.05) is 43.3 Å². The molecule has 0 amide bonds. The number of aliphatic hydroxyl groups is 1. The van der Waals surface area contributed by atoms with Crippen molar-refractivity contribution >= 4 is 5.69 Å². The van der Waals surface area contributed by atoms with Crippen molar-refractivity contribution in [1.29, 1.82) is 0 Å². The molecule has 0 aromatic heterocycles. The van der Waals surface area contributed by atoms with Crippen LogP contribution in [0.5, 0.6) is 11.5 Å². The second-order valence-electron chi connectivity index (χ2n) is 5.67. The first-order valence-electron chi connectivity index (χ1n) is 7.16. The van der Waals surface area contributed by atoms with E-state index in [0.29, 0.717) is 17.9 Å². The Bertz CT molecular complexity index is 646. The molecule has 0 fully saturated rings. The summed E-state index contributed by atoms with van der Waals surface area (Å²) in [6, 6.07) is 14.8. The maximum absolute atomic E-state index is 10.5. The molecule has 0 aliphatic carbocycles. The Kier molecular flexibility index (Phi) is 3.92. The fourth-order valence-corrected chi connectivity index (χ4v) is 2.57. The highest BCUT2D eigenvalue weighted by molar-refractivity contribution is 5.48. The third kappa shape index (κ3) is 2.73. The van der Waals surface area contributed by atoms with Gasteiger partial charge in [0.2, 0.25) is 6.79 Å². The second-order valence-corrected chi connectivity index (χ2v) is 5.67.